The molecule has 4 aromatic rings. The van der Waals surface area contributed by atoms with E-state index in [2.05, 4.69) is 48.5 Å². The average molecular weight is 471 g/mol. The zero-order chi connectivity index (χ0) is 23.8. The number of benzene rings is 3. The number of amides is 1. The molecule has 3 aromatic carbocycles. The highest BCUT2D eigenvalue weighted by Crippen LogP contribution is 2.29. The molecule has 1 aromatic heterocycles. The quantitative estimate of drug-likeness (QED) is 0.287. The summed E-state index contributed by atoms with van der Waals surface area (Å²) in [5.74, 6) is 0.904. The molecule has 0 bridgehead atoms. The van der Waals surface area contributed by atoms with Crippen LogP contribution in [0.1, 0.15) is 11.1 Å². The maximum absolute atomic E-state index is 12.3. The van der Waals surface area contributed by atoms with Gasteiger partial charge in [-0.25, -0.2) is 4.98 Å². The van der Waals surface area contributed by atoms with Crippen LogP contribution in [0.4, 0.5) is 0 Å². The predicted molar refractivity (Wildman–Crippen MR) is 137 cm³/mol. The number of carbonyl (C=O) groups excluding carboxylic acids is 1. The second-order valence-electron chi connectivity index (χ2n) is 7.71. The summed E-state index contributed by atoms with van der Waals surface area (Å²) in [4.78, 5) is 17.0. The Balaban J connectivity index is 1.29. The fraction of sp³-hybridized carbons (Fsp3) is 0.143. The molecule has 0 unspecified atom stereocenters. The average Bonchev–Trinajstić information content (AvgIpc) is 3.36. The standard InChI is InChI=1S/C28H26N2O3S/c1-3-16-32-25-6-4-5-7-26(25)33-18-27(31)29-17-21-10-14-23(15-11-21)28-30-24(19-34-28)22-12-8-20(2)9-13-22/h3-15,19H,1,16-18H2,2H3,(H,29,31). The summed E-state index contributed by atoms with van der Waals surface area (Å²) in [6, 6.07) is 23.7. The topological polar surface area (TPSA) is 60.5 Å². The third kappa shape index (κ3) is 6.11. The van der Waals surface area contributed by atoms with Crippen molar-refractivity contribution in [2.45, 2.75) is 13.5 Å². The van der Waals surface area contributed by atoms with Gasteiger partial charge in [0.2, 0.25) is 0 Å². The fourth-order valence-electron chi connectivity index (χ4n) is 3.26. The van der Waals surface area contributed by atoms with E-state index in [1.165, 1.54) is 5.56 Å². The lowest BCUT2D eigenvalue weighted by molar-refractivity contribution is -0.123. The molecular formula is C28H26N2O3S. The third-order valence-electron chi connectivity index (χ3n) is 5.11. The summed E-state index contributed by atoms with van der Waals surface area (Å²) >= 11 is 1.62. The lowest BCUT2D eigenvalue weighted by Gasteiger charge is -2.12. The zero-order valence-corrected chi connectivity index (χ0v) is 19.8. The van der Waals surface area contributed by atoms with Crippen LogP contribution in [-0.2, 0) is 11.3 Å². The third-order valence-corrected chi connectivity index (χ3v) is 6.00. The molecule has 0 aliphatic carbocycles. The maximum Gasteiger partial charge on any atom is 0.258 e. The van der Waals surface area contributed by atoms with Gasteiger partial charge in [0.25, 0.3) is 5.91 Å². The van der Waals surface area contributed by atoms with Gasteiger partial charge in [-0.15, -0.1) is 11.3 Å². The van der Waals surface area contributed by atoms with Gasteiger partial charge in [0.15, 0.2) is 18.1 Å². The van der Waals surface area contributed by atoms with Gasteiger partial charge in [0.05, 0.1) is 5.69 Å². The Morgan fingerprint density at radius 2 is 1.65 bits per heavy atom. The molecular weight excluding hydrogens is 444 g/mol. The molecule has 0 radical (unpaired) electrons. The summed E-state index contributed by atoms with van der Waals surface area (Å²) in [7, 11) is 0. The fourth-order valence-corrected chi connectivity index (χ4v) is 4.10. The number of aromatic nitrogens is 1. The number of hydrogen-bond donors (Lipinski definition) is 1. The highest BCUT2D eigenvalue weighted by atomic mass is 32.1. The summed E-state index contributed by atoms with van der Waals surface area (Å²) in [6.07, 6.45) is 1.66. The number of para-hydroxylation sites is 2. The summed E-state index contributed by atoms with van der Waals surface area (Å²) in [6.45, 7) is 6.42. The van der Waals surface area contributed by atoms with Gasteiger partial charge in [-0.1, -0.05) is 78.9 Å². The predicted octanol–water partition coefficient (Wildman–Crippen LogP) is 6.05. The molecule has 0 saturated heterocycles. The van der Waals surface area contributed by atoms with Crippen molar-refractivity contribution in [3.05, 3.63) is 102 Å². The van der Waals surface area contributed by atoms with Gasteiger partial charge >= 0.3 is 0 Å². The van der Waals surface area contributed by atoms with Crippen molar-refractivity contribution in [3.8, 4) is 33.3 Å². The van der Waals surface area contributed by atoms with Crippen LogP contribution in [0.5, 0.6) is 11.5 Å². The molecule has 5 nitrogen and oxygen atoms in total. The number of nitrogens with one attached hydrogen (secondary N) is 1. The number of rotatable bonds is 10. The highest BCUT2D eigenvalue weighted by Gasteiger charge is 2.09. The first-order valence-electron chi connectivity index (χ1n) is 11.0. The molecule has 0 spiro atoms. The monoisotopic (exact) mass is 470 g/mol. The number of carbonyl (C=O) groups is 1. The molecule has 0 atom stereocenters. The van der Waals surface area contributed by atoms with E-state index in [4.69, 9.17) is 14.5 Å². The molecule has 1 heterocycles. The lowest BCUT2D eigenvalue weighted by Crippen LogP contribution is -2.28. The molecule has 0 saturated carbocycles. The van der Waals surface area contributed by atoms with Gasteiger partial charge in [0, 0.05) is 23.1 Å². The summed E-state index contributed by atoms with van der Waals surface area (Å²) in [5.41, 5.74) is 5.38. The molecule has 0 aliphatic rings. The van der Waals surface area contributed by atoms with E-state index in [9.17, 15) is 4.79 Å². The van der Waals surface area contributed by atoms with Crippen molar-refractivity contribution < 1.29 is 14.3 Å². The molecule has 0 aliphatic heterocycles. The van der Waals surface area contributed by atoms with Crippen LogP contribution < -0.4 is 14.8 Å². The van der Waals surface area contributed by atoms with E-state index < -0.39 is 0 Å². The number of nitrogens with zero attached hydrogens (tertiary/aromatic N) is 1. The minimum atomic E-state index is -0.203. The van der Waals surface area contributed by atoms with Crippen LogP contribution in [0.15, 0.2) is 90.8 Å². The van der Waals surface area contributed by atoms with E-state index in [-0.39, 0.29) is 12.5 Å². The van der Waals surface area contributed by atoms with Crippen molar-refractivity contribution in [1.29, 1.82) is 0 Å². The van der Waals surface area contributed by atoms with Crippen molar-refractivity contribution in [2.24, 2.45) is 0 Å². The van der Waals surface area contributed by atoms with Gasteiger partial charge in [0.1, 0.15) is 11.6 Å². The molecule has 6 heteroatoms. The summed E-state index contributed by atoms with van der Waals surface area (Å²) in [5, 5.41) is 5.93. The Morgan fingerprint density at radius 3 is 2.35 bits per heavy atom. The normalized spacial score (nSPS) is 10.5. The first-order chi connectivity index (χ1) is 16.6. The van der Waals surface area contributed by atoms with Gasteiger partial charge < -0.3 is 14.8 Å². The highest BCUT2D eigenvalue weighted by molar-refractivity contribution is 7.13. The second-order valence-corrected chi connectivity index (χ2v) is 8.57. The minimum absolute atomic E-state index is 0.0898. The Hall–Kier alpha value is -3.90. The molecule has 172 valence electrons. The van der Waals surface area contributed by atoms with Crippen LogP contribution >= 0.6 is 11.3 Å². The second kappa shape index (κ2) is 11.3. The van der Waals surface area contributed by atoms with Crippen LogP contribution in [0, 0.1) is 6.92 Å². The van der Waals surface area contributed by atoms with Crippen molar-refractivity contribution >= 4 is 17.2 Å². The number of aryl methyl sites for hydroxylation is 1. The Morgan fingerprint density at radius 1 is 0.971 bits per heavy atom. The van der Waals surface area contributed by atoms with Crippen molar-refractivity contribution in [1.82, 2.24) is 10.3 Å². The smallest absolute Gasteiger partial charge is 0.258 e. The largest absolute Gasteiger partial charge is 0.486 e. The Labute approximate surface area is 203 Å². The number of thiazole rings is 1. The SMILES string of the molecule is C=CCOc1ccccc1OCC(=O)NCc1ccc(-c2nc(-c3ccc(C)cc3)cs2)cc1. The Kier molecular flexibility index (Phi) is 7.73. The summed E-state index contributed by atoms with van der Waals surface area (Å²) < 4.78 is 11.2. The maximum atomic E-state index is 12.3. The number of ether oxygens (including phenoxy) is 2. The van der Waals surface area contributed by atoms with Crippen LogP contribution in [0.3, 0.4) is 0 Å². The molecule has 34 heavy (non-hydrogen) atoms. The van der Waals surface area contributed by atoms with Crippen molar-refractivity contribution in [3.63, 3.8) is 0 Å². The first kappa shape index (κ1) is 23.3. The van der Waals surface area contributed by atoms with Crippen LogP contribution in [-0.4, -0.2) is 24.1 Å². The van der Waals surface area contributed by atoms with Gasteiger partial charge in [-0.2, -0.15) is 0 Å². The van der Waals surface area contributed by atoms with Crippen LogP contribution in [0.2, 0.25) is 0 Å². The van der Waals surface area contributed by atoms with E-state index in [1.807, 2.05) is 36.4 Å². The minimum Gasteiger partial charge on any atom is -0.486 e. The van der Waals surface area contributed by atoms with E-state index in [0.717, 1.165) is 27.4 Å². The molecule has 0 fully saturated rings. The van der Waals surface area contributed by atoms with E-state index in [1.54, 1.807) is 29.5 Å². The number of hydrogen-bond acceptors (Lipinski definition) is 5. The molecule has 1 N–H and O–H groups in total. The lowest BCUT2D eigenvalue weighted by atomic mass is 10.1. The van der Waals surface area contributed by atoms with E-state index in [0.29, 0.717) is 24.7 Å². The Bertz CT molecular complexity index is 1250. The van der Waals surface area contributed by atoms with Crippen molar-refractivity contribution in [2.75, 3.05) is 13.2 Å². The first-order valence-corrected chi connectivity index (χ1v) is 11.8. The molecule has 4 rings (SSSR count). The molecule has 1 amide bonds. The van der Waals surface area contributed by atoms with Gasteiger partial charge in [-0.3, -0.25) is 4.79 Å². The van der Waals surface area contributed by atoms with Gasteiger partial charge in [-0.05, 0) is 24.6 Å². The van der Waals surface area contributed by atoms with E-state index >= 15 is 0 Å². The van der Waals surface area contributed by atoms with Crippen LogP contribution in [0.25, 0.3) is 21.8 Å². The zero-order valence-electron chi connectivity index (χ0n) is 19.0.